The van der Waals surface area contributed by atoms with Gasteiger partial charge in [-0.3, -0.25) is 14.4 Å². The summed E-state index contributed by atoms with van der Waals surface area (Å²) in [7, 11) is 0. The minimum atomic E-state index is -3.39. The first kappa shape index (κ1) is 82.7. The Labute approximate surface area is 553 Å². The highest BCUT2D eigenvalue weighted by molar-refractivity contribution is 5.77. The molecule has 6 saturated heterocycles. The van der Waals surface area contributed by atoms with Crippen LogP contribution in [0.3, 0.4) is 0 Å². The zero-order chi connectivity index (χ0) is 73.5. The van der Waals surface area contributed by atoms with Crippen molar-refractivity contribution in [2.24, 2.45) is 0 Å². The Morgan fingerprint density at radius 2 is 0.908 bits per heavy atom. The maximum atomic E-state index is 13.4. The van der Waals surface area contributed by atoms with Crippen LogP contribution in [0.5, 0.6) is 0 Å². The lowest BCUT2D eigenvalue weighted by Gasteiger charge is -2.52. The molecule has 566 valence electrons. The van der Waals surface area contributed by atoms with Crippen molar-refractivity contribution in [3.05, 3.63) is 0 Å². The number of amides is 3. The van der Waals surface area contributed by atoms with Crippen LogP contribution in [0, 0.1) is 0 Å². The lowest BCUT2D eigenvalue weighted by atomic mass is 9.88. The summed E-state index contributed by atoms with van der Waals surface area (Å²) in [6.07, 6.45) is -73.3. The van der Waals surface area contributed by atoms with Crippen LogP contribution in [0.25, 0.3) is 0 Å². The highest BCUT2D eigenvalue weighted by atomic mass is 16.8. The summed E-state index contributed by atoms with van der Waals surface area (Å²) in [5.41, 5.74) is 0. The van der Waals surface area contributed by atoms with Gasteiger partial charge in [-0.25, -0.2) is 9.59 Å². The molecule has 0 radical (unpaired) electrons. The van der Waals surface area contributed by atoms with Crippen LogP contribution in [0.4, 0.5) is 0 Å². The topological polar surface area (TPSA) is 715 Å². The summed E-state index contributed by atoms with van der Waals surface area (Å²) in [4.78, 5) is 76.8. The Morgan fingerprint density at radius 3 is 1.39 bits per heavy atom. The molecule has 0 spiro atoms. The molecular formula is C54H89N3O41. The van der Waals surface area contributed by atoms with Crippen molar-refractivity contribution >= 4 is 35.9 Å². The first-order chi connectivity index (χ1) is 45.9. The molecule has 26 N–H and O–H groups in total. The summed E-state index contributed by atoms with van der Waals surface area (Å²) < 4.78 is 69.3. The van der Waals surface area contributed by atoms with Crippen molar-refractivity contribution in [1.82, 2.24) is 16.0 Å². The van der Waals surface area contributed by atoms with Gasteiger partial charge in [0.1, 0.15) is 153 Å². The average Bonchev–Trinajstić information content (AvgIpc) is 0.763. The van der Waals surface area contributed by atoms with Crippen LogP contribution in [-0.2, 0) is 85.6 Å². The van der Waals surface area contributed by atoms with Gasteiger partial charge in [0.15, 0.2) is 31.4 Å². The molecule has 6 fully saturated rings. The molecular weight excluding hydrogens is 1350 g/mol. The average molecular weight is 1440 g/mol. The number of rotatable bonds is 31. The van der Waals surface area contributed by atoms with E-state index in [1.54, 1.807) is 0 Å². The smallest absolute Gasteiger partial charge is 0.364 e. The molecule has 36 atom stereocenters. The van der Waals surface area contributed by atoms with E-state index >= 15 is 0 Å². The third-order valence-corrected chi connectivity index (χ3v) is 17.2. The summed E-state index contributed by atoms with van der Waals surface area (Å²) in [5.74, 6) is -14.0. The standard InChI is InChI=1S/C54H89N3O41/c1-14-30(73)36(79)37(80)48(88-14)92-40(22(71)9-60)41(23(72)10-61)93-49-38(81)45(33(76)24(11-62)89-49)95-47-29(57-17(4)66)42(35(78)26(91-47)13-87-53(51(83)84)5-18(67)27(55-15(2)64)43(96-53)31(74)20(69)7-58)94-50-39(82)46(34(77)25(12-63)90-50)98-54(52(85)86)6-19(68)28(56-16(3)65)44(97-54)32(75)21(70)8-59/h9,14,18-50,58-59,61-63,67-82H,5-8,10-13H2,1-4H3,(H,55,64)(H,56,65)(H,57,66)(H,83,84)(H,85,86)/t14-,18-,19-,20+,21+,22-,23+,24+,25+,26+,27+,28+,29+,30+,31+,32+,33-,34-,35+,36+,37-,38+,39+,40+,41+,42+,43+,44+,45-,46-,47-,48-,49-,50-,53+,54-/m0/s1. The zero-order valence-corrected chi connectivity index (χ0v) is 52.5. The van der Waals surface area contributed by atoms with Gasteiger partial charge in [-0.05, 0) is 6.92 Å². The van der Waals surface area contributed by atoms with Crippen molar-refractivity contribution in [3.8, 4) is 0 Å². The van der Waals surface area contributed by atoms with Gasteiger partial charge in [0.2, 0.25) is 17.7 Å². The number of hydrogen-bond donors (Lipinski definition) is 26. The molecule has 0 aromatic rings. The minimum absolute atomic E-state index is 0.206. The van der Waals surface area contributed by atoms with Crippen molar-refractivity contribution in [1.29, 1.82) is 0 Å². The quantitative estimate of drug-likeness (QED) is 0.0287. The van der Waals surface area contributed by atoms with Crippen LogP contribution in [0.1, 0.15) is 40.5 Å². The van der Waals surface area contributed by atoms with E-state index in [-0.39, 0.29) is 6.29 Å². The van der Waals surface area contributed by atoms with E-state index in [1.165, 1.54) is 6.92 Å². The number of aliphatic hydroxyl groups excluding tert-OH is 21. The first-order valence-electron chi connectivity index (χ1n) is 30.5. The molecule has 0 aliphatic carbocycles. The van der Waals surface area contributed by atoms with E-state index in [0.29, 0.717) is 0 Å². The third-order valence-electron chi connectivity index (χ3n) is 17.2. The maximum Gasteiger partial charge on any atom is 0.364 e. The van der Waals surface area contributed by atoms with Crippen LogP contribution >= 0.6 is 0 Å². The third kappa shape index (κ3) is 18.4. The largest absolute Gasteiger partial charge is 0.477 e. The van der Waals surface area contributed by atoms with Gasteiger partial charge in [0, 0.05) is 33.6 Å². The number of aliphatic carboxylic acids is 2. The molecule has 6 rings (SSSR count). The Kier molecular flexibility index (Phi) is 29.7. The number of aliphatic hydroxyl groups is 21. The molecule has 44 nitrogen and oxygen atoms in total. The second-order valence-electron chi connectivity index (χ2n) is 24.3. The van der Waals surface area contributed by atoms with Gasteiger partial charge in [-0.1, -0.05) is 0 Å². The van der Waals surface area contributed by atoms with Gasteiger partial charge in [-0.15, -0.1) is 0 Å². The molecule has 44 heteroatoms. The number of carbonyl (C=O) groups excluding carboxylic acids is 4. The predicted octanol–water partition coefficient (Wildman–Crippen LogP) is -16.6. The van der Waals surface area contributed by atoms with E-state index in [4.69, 9.17) is 56.8 Å². The van der Waals surface area contributed by atoms with E-state index in [2.05, 4.69) is 16.0 Å². The molecule has 0 aromatic heterocycles. The molecule has 6 aliphatic rings. The van der Waals surface area contributed by atoms with E-state index < -0.39 is 302 Å². The van der Waals surface area contributed by atoms with Crippen molar-refractivity contribution < 1.29 is 203 Å². The fourth-order valence-electron chi connectivity index (χ4n) is 12.0. The summed E-state index contributed by atoms with van der Waals surface area (Å²) in [6, 6.07) is -5.81. The lowest BCUT2D eigenvalue weighted by molar-refractivity contribution is -0.390. The molecule has 6 heterocycles. The van der Waals surface area contributed by atoms with Crippen LogP contribution < -0.4 is 16.0 Å². The molecule has 0 bridgehead atoms. The van der Waals surface area contributed by atoms with E-state index in [1.807, 2.05) is 0 Å². The summed E-state index contributed by atoms with van der Waals surface area (Å²) in [5, 5.41) is 259. The number of carboxylic acids is 2. The molecule has 98 heavy (non-hydrogen) atoms. The summed E-state index contributed by atoms with van der Waals surface area (Å²) in [6.45, 7) is -3.94. The number of aldehydes is 1. The zero-order valence-electron chi connectivity index (χ0n) is 52.5. The second-order valence-corrected chi connectivity index (χ2v) is 24.3. The number of hydrogen-bond acceptors (Lipinski definition) is 39. The maximum absolute atomic E-state index is 13.4. The Balaban J connectivity index is 1.45. The van der Waals surface area contributed by atoms with E-state index in [9.17, 15) is 146 Å². The van der Waals surface area contributed by atoms with Gasteiger partial charge in [-0.2, -0.15) is 0 Å². The molecule has 0 unspecified atom stereocenters. The number of carbonyl (C=O) groups is 6. The second kappa shape index (κ2) is 35.3. The highest BCUT2D eigenvalue weighted by Crippen LogP contribution is 2.41. The molecule has 6 aliphatic heterocycles. The molecule has 0 saturated carbocycles. The fraction of sp³-hybridized carbons (Fsp3) is 0.889. The van der Waals surface area contributed by atoms with Crippen LogP contribution in [0.2, 0.25) is 0 Å². The fourth-order valence-corrected chi connectivity index (χ4v) is 12.0. The molecule has 0 aromatic carbocycles. The monoisotopic (exact) mass is 1440 g/mol. The van der Waals surface area contributed by atoms with Crippen LogP contribution in [-0.4, -0.2) is 413 Å². The number of ether oxygens (including phenoxy) is 12. The van der Waals surface area contributed by atoms with E-state index in [0.717, 1.165) is 20.8 Å². The number of nitrogens with one attached hydrogen (secondary N) is 3. The number of carboxylic acid groups (broad SMARTS) is 2. The van der Waals surface area contributed by atoms with Crippen molar-refractivity contribution in [3.63, 3.8) is 0 Å². The van der Waals surface area contributed by atoms with Gasteiger partial charge in [0.05, 0.1) is 70.0 Å². The molecule has 3 amide bonds. The normalized spacial score (nSPS) is 42.6. The lowest BCUT2D eigenvalue weighted by Crippen LogP contribution is -2.72. The van der Waals surface area contributed by atoms with Crippen molar-refractivity contribution in [2.75, 3.05) is 39.6 Å². The Morgan fingerprint density at radius 1 is 0.490 bits per heavy atom. The van der Waals surface area contributed by atoms with Gasteiger partial charge >= 0.3 is 11.9 Å². The Hall–Kier alpha value is -4.30. The van der Waals surface area contributed by atoms with Crippen LogP contribution in [0.15, 0.2) is 0 Å². The predicted molar refractivity (Wildman–Crippen MR) is 301 cm³/mol. The Bertz CT molecular complexity index is 2610. The first-order valence-corrected chi connectivity index (χ1v) is 30.5. The minimum Gasteiger partial charge on any atom is -0.477 e. The van der Waals surface area contributed by atoms with Gasteiger partial charge < -0.3 is 195 Å². The SMILES string of the molecule is CC(=O)N[C@H]1[C@H](O[C@H]2[C@@H](O)[C@@H](CO)O[C@@H](O[C@@H]([C@H](O[C@@H]3O[C@@H](C)[C@@H](O)[C@@H](O)[C@@H]3O)[C@@H](O)C=O)[C@H](O)CO)[C@@H]2O)O[C@H](CO[C@]2(C(=O)O)C[C@H](O)[C@@H](NC(C)=O)[C@H]([C@H](O)[C@H](O)CO)O2)[C@@H](O)[C@@H]1O[C@@H]1O[C@H](CO)[C@H](O)[C@H](O[C@]2(C(=O)O)C[C@H](O)[C@@H](NC(C)=O)[C@H]([C@H](O)[C@H](O)CO)O2)[C@H]1O. The van der Waals surface area contributed by atoms with Gasteiger partial charge in [0.25, 0.3) is 11.6 Å². The summed E-state index contributed by atoms with van der Waals surface area (Å²) >= 11 is 0. The van der Waals surface area contributed by atoms with Crippen molar-refractivity contribution in [2.45, 2.75) is 260 Å². The highest BCUT2D eigenvalue weighted by Gasteiger charge is 2.63.